The van der Waals surface area contributed by atoms with E-state index in [9.17, 15) is 24.6 Å². The lowest BCUT2D eigenvalue weighted by Gasteiger charge is -2.19. The summed E-state index contributed by atoms with van der Waals surface area (Å²) in [4.78, 5) is 38.3. The molecule has 1 amide bonds. The van der Waals surface area contributed by atoms with Crippen molar-refractivity contribution in [2.45, 2.75) is 57.5 Å². The zero-order valence-electron chi connectivity index (χ0n) is 31.2. The Hall–Kier alpha value is -5.06. The first-order chi connectivity index (χ1) is 26.9. The quantitative estimate of drug-likeness (QED) is 0.0582. The molecule has 56 heavy (non-hydrogen) atoms. The lowest BCUT2D eigenvalue weighted by Crippen LogP contribution is -2.31. The molecule has 1 heterocycles. The summed E-state index contributed by atoms with van der Waals surface area (Å²) < 4.78 is 18.7. The number of carboxylic acid groups (broad SMARTS) is 2. The maximum Gasteiger partial charge on any atom is 0.306 e. The van der Waals surface area contributed by atoms with Gasteiger partial charge in [0.15, 0.2) is 6.61 Å². The van der Waals surface area contributed by atoms with E-state index in [0.29, 0.717) is 34.8 Å². The van der Waals surface area contributed by atoms with Gasteiger partial charge in [0.25, 0.3) is 5.91 Å². The molecule has 0 fully saturated rings. The maximum atomic E-state index is 12.0. The third-order valence-electron chi connectivity index (χ3n) is 9.30. The van der Waals surface area contributed by atoms with Crippen LogP contribution in [0.25, 0.3) is 22.3 Å². The number of rotatable bonds is 21. The number of aliphatic hydroxyl groups excluding tert-OH is 2. The predicted octanol–water partition coefficient (Wildman–Crippen LogP) is 4.41. The van der Waals surface area contributed by atoms with Crippen LogP contribution in [0.1, 0.15) is 47.6 Å². The highest BCUT2D eigenvalue weighted by Gasteiger charge is 2.29. The summed E-state index contributed by atoms with van der Waals surface area (Å²) in [6, 6.07) is 22.2. The topological polar surface area (TPSA) is 209 Å². The molecule has 0 radical (unpaired) electrons. The smallest absolute Gasteiger partial charge is 0.306 e. The number of aromatic nitrogens is 1. The van der Waals surface area contributed by atoms with Crippen molar-refractivity contribution >= 4 is 33.8 Å². The molecule has 0 saturated heterocycles. The van der Waals surface area contributed by atoms with E-state index in [4.69, 9.17) is 24.4 Å². The number of hydrogen-bond acceptors (Lipinski definition) is 11. The van der Waals surface area contributed by atoms with Crippen molar-refractivity contribution in [1.29, 1.82) is 0 Å². The van der Waals surface area contributed by atoms with Gasteiger partial charge in [0.1, 0.15) is 18.5 Å². The van der Waals surface area contributed by atoms with Crippen LogP contribution < -0.4 is 30.2 Å². The van der Waals surface area contributed by atoms with E-state index in [1.54, 1.807) is 6.07 Å². The third kappa shape index (κ3) is 11.5. The Labute approximate surface area is 333 Å². The summed E-state index contributed by atoms with van der Waals surface area (Å²) in [5.41, 5.74) is 8.34. The molecule has 3 aromatic carbocycles. The Morgan fingerprint density at radius 3 is 2.23 bits per heavy atom. The Morgan fingerprint density at radius 2 is 1.54 bits per heavy atom. The van der Waals surface area contributed by atoms with Crippen molar-refractivity contribution in [2.24, 2.45) is 0 Å². The maximum absolute atomic E-state index is 12.0. The minimum atomic E-state index is -1.10. The van der Waals surface area contributed by atoms with E-state index >= 15 is 0 Å². The Balaban J connectivity index is 1.28. The molecule has 5 rings (SSSR count). The van der Waals surface area contributed by atoms with Crippen LogP contribution in [0.15, 0.2) is 71.2 Å². The van der Waals surface area contributed by atoms with Crippen LogP contribution in [0.2, 0.25) is 0 Å². The van der Waals surface area contributed by atoms with E-state index in [0.717, 1.165) is 46.2 Å². The monoisotopic (exact) mass is 834 g/mol. The first-order valence-corrected chi connectivity index (χ1v) is 19.1. The molecule has 7 N–H and O–H groups in total. The summed E-state index contributed by atoms with van der Waals surface area (Å²) >= 11 is 3.59. The van der Waals surface area contributed by atoms with Crippen molar-refractivity contribution in [3.63, 3.8) is 0 Å². The first kappa shape index (κ1) is 42.1. The lowest BCUT2D eigenvalue weighted by molar-refractivity contribution is -0.140. The number of carbonyl (C=O) groups is 3. The molecule has 0 aliphatic heterocycles. The summed E-state index contributed by atoms with van der Waals surface area (Å²) in [6.45, 7) is 3.08. The van der Waals surface area contributed by atoms with Gasteiger partial charge in [-0.3, -0.25) is 14.4 Å². The highest BCUT2D eigenvalue weighted by molar-refractivity contribution is 9.10. The summed E-state index contributed by atoms with van der Waals surface area (Å²) in [5, 5.41) is 45.9. The number of ether oxygens (including phenoxy) is 3. The van der Waals surface area contributed by atoms with Crippen LogP contribution in [0.3, 0.4) is 0 Å². The number of amides is 1. The largest absolute Gasteiger partial charge is 0.492 e. The normalized spacial score (nSPS) is 14.4. The van der Waals surface area contributed by atoms with Gasteiger partial charge in [-0.2, -0.15) is 4.98 Å². The van der Waals surface area contributed by atoms with Crippen LogP contribution in [-0.2, 0) is 27.3 Å². The Bertz CT molecular complexity index is 1990. The summed E-state index contributed by atoms with van der Waals surface area (Å²) in [7, 11) is 1.51. The number of benzene rings is 3. The molecule has 0 spiro atoms. The number of carbonyl (C=O) groups excluding carboxylic acids is 1. The van der Waals surface area contributed by atoms with E-state index < -0.39 is 30.6 Å². The molecule has 1 aliphatic rings. The fourth-order valence-corrected chi connectivity index (χ4v) is 7.02. The number of halogens is 1. The number of aliphatic carboxylic acids is 2. The third-order valence-corrected chi connectivity index (χ3v) is 9.87. The van der Waals surface area contributed by atoms with Gasteiger partial charge in [0.05, 0.1) is 29.5 Å². The van der Waals surface area contributed by atoms with Crippen LogP contribution in [0, 0.1) is 6.92 Å². The van der Waals surface area contributed by atoms with Gasteiger partial charge in [0.2, 0.25) is 11.8 Å². The standard InChI is InChI=1S/C41H47BrN4O10/c1-24-30(25-9-11-29(12-10-25)54-16-15-44-21-27(47)18-38(50)51)5-3-6-31(24)32-7-4-8-34-33(32)13-14-36(34)56-41-35(42)17-26(20-45-22-28(48)19-39(52)53)40(46-41)55-23-37(49)43-2/h3-12,17,27-28,36,44-45,47-48H,13-16,18-23H2,1-2H3,(H,43,49)(H,50,51)(H,52,53)/t27-,28-,36-/m0/s1. The molecule has 1 aliphatic carbocycles. The number of aliphatic hydroxyl groups is 2. The van der Waals surface area contributed by atoms with Gasteiger partial charge in [-0.1, -0.05) is 48.5 Å². The van der Waals surface area contributed by atoms with E-state index in [-0.39, 0.29) is 50.6 Å². The number of nitrogens with one attached hydrogen (secondary N) is 3. The average Bonchev–Trinajstić information content (AvgIpc) is 3.57. The highest BCUT2D eigenvalue weighted by atomic mass is 79.9. The van der Waals surface area contributed by atoms with Gasteiger partial charge in [-0.25, -0.2) is 0 Å². The number of fused-ring (bicyclic) bond motifs is 1. The van der Waals surface area contributed by atoms with Crippen molar-refractivity contribution in [2.75, 3.05) is 39.9 Å². The minimum absolute atomic E-state index is 0.0361. The first-order valence-electron chi connectivity index (χ1n) is 18.3. The zero-order chi connectivity index (χ0) is 40.2. The van der Waals surface area contributed by atoms with Crippen LogP contribution in [0.4, 0.5) is 0 Å². The molecule has 3 atom stereocenters. The molecule has 14 nitrogen and oxygen atoms in total. The molecule has 1 aromatic heterocycles. The van der Waals surface area contributed by atoms with Crippen molar-refractivity contribution in [3.05, 3.63) is 93.5 Å². The average molecular weight is 836 g/mol. The highest BCUT2D eigenvalue weighted by Crippen LogP contribution is 2.43. The predicted molar refractivity (Wildman–Crippen MR) is 212 cm³/mol. The molecule has 15 heteroatoms. The fraction of sp³-hybridized carbons (Fsp3) is 0.366. The minimum Gasteiger partial charge on any atom is -0.492 e. The Morgan fingerprint density at radius 1 is 0.875 bits per heavy atom. The molecule has 0 bridgehead atoms. The second-order valence-electron chi connectivity index (χ2n) is 13.4. The second kappa shape index (κ2) is 20.2. The van der Waals surface area contributed by atoms with E-state index in [1.165, 1.54) is 12.6 Å². The van der Waals surface area contributed by atoms with Gasteiger partial charge < -0.3 is 50.6 Å². The van der Waals surface area contributed by atoms with Gasteiger partial charge in [-0.15, -0.1) is 0 Å². The molecule has 0 unspecified atom stereocenters. The molecule has 0 saturated carbocycles. The van der Waals surface area contributed by atoms with Crippen LogP contribution in [-0.4, -0.2) is 95.4 Å². The lowest BCUT2D eigenvalue weighted by atomic mass is 9.89. The van der Waals surface area contributed by atoms with Gasteiger partial charge in [-0.05, 0) is 92.8 Å². The summed E-state index contributed by atoms with van der Waals surface area (Å²) in [6.07, 6.45) is -1.51. The number of nitrogens with zero attached hydrogens (tertiary/aromatic N) is 1. The Kier molecular flexibility index (Phi) is 15.2. The van der Waals surface area contributed by atoms with Crippen LogP contribution >= 0.6 is 15.9 Å². The second-order valence-corrected chi connectivity index (χ2v) is 14.3. The summed E-state index contributed by atoms with van der Waals surface area (Å²) in [5.74, 6) is -1.31. The number of pyridine rings is 1. The van der Waals surface area contributed by atoms with Gasteiger partial charge in [0, 0.05) is 38.8 Å². The zero-order valence-corrected chi connectivity index (χ0v) is 32.8. The molecular weight excluding hydrogens is 788 g/mol. The molecular formula is C41H47BrN4O10. The van der Waals surface area contributed by atoms with Crippen LogP contribution in [0.5, 0.6) is 17.5 Å². The SMILES string of the molecule is CNC(=O)COc1nc(O[C@H]2CCc3c(-c4cccc(-c5ccc(OCCNC[C@@H](O)CC(=O)O)cc5)c4C)cccc32)c(Br)cc1CNC[C@@H](O)CC(=O)O. The van der Waals surface area contributed by atoms with Crippen molar-refractivity contribution in [1.82, 2.24) is 20.9 Å². The number of carboxylic acids is 2. The number of hydrogen-bond donors (Lipinski definition) is 7. The van der Waals surface area contributed by atoms with Crippen molar-refractivity contribution < 1.29 is 49.0 Å². The van der Waals surface area contributed by atoms with E-state index in [1.807, 2.05) is 30.3 Å². The van der Waals surface area contributed by atoms with Gasteiger partial charge >= 0.3 is 11.9 Å². The van der Waals surface area contributed by atoms with E-state index in [2.05, 4.69) is 74.1 Å². The number of likely N-dealkylation sites (N-methyl/N-ethyl adjacent to an activating group) is 1. The fourth-order valence-electron chi connectivity index (χ4n) is 6.56. The molecule has 298 valence electrons. The molecule has 4 aromatic rings. The van der Waals surface area contributed by atoms with Crippen molar-refractivity contribution in [3.8, 4) is 39.8 Å².